The Labute approximate surface area is 196 Å². The van der Waals surface area contributed by atoms with Crippen molar-refractivity contribution < 1.29 is 17.6 Å². The molecule has 0 fully saturated rings. The molecule has 0 aliphatic heterocycles. The van der Waals surface area contributed by atoms with Gasteiger partial charge >= 0.3 is 0 Å². The number of carbonyl (C=O) groups excluding carboxylic acids is 1. The molecule has 1 heterocycles. The van der Waals surface area contributed by atoms with Gasteiger partial charge in [0.2, 0.25) is 10.0 Å². The maximum atomic E-state index is 13.6. The van der Waals surface area contributed by atoms with Gasteiger partial charge in [-0.15, -0.1) is 0 Å². The molecule has 4 rings (SSSR count). The second-order valence-electron chi connectivity index (χ2n) is 8.19. The zero-order valence-corrected chi connectivity index (χ0v) is 19.5. The van der Waals surface area contributed by atoms with E-state index in [1.807, 2.05) is 25.1 Å². The molecule has 0 aliphatic rings. The van der Waals surface area contributed by atoms with Crippen molar-refractivity contribution in [3.05, 3.63) is 111 Å². The Hall–Kier alpha value is -3.62. The number of Topliss-reactive ketones (excluding diaryl/α,β-unsaturated/α-hetero) is 1. The maximum absolute atomic E-state index is 13.6. The molecule has 0 saturated carbocycles. The number of pyridine rings is 1. The Bertz CT molecular complexity index is 1530. The number of aryl methyl sites for hydroxylation is 1. The van der Waals surface area contributed by atoms with Crippen molar-refractivity contribution in [1.29, 1.82) is 0 Å². The quantitative estimate of drug-likeness (QED) is 0.394. The zero-order valence-electron chi connectivity index (χ0n) is 18.7. The van der Waals surface area contributed by atoms with Gasteiger partial charge in [-0.1, -0.05) is 36.4 Å². The van der Waals surface area contributed by atoms with Crippen molar-refractivity contribution >= 4 is 26.7 Å². The van der Waals surface area contributed by atoms with E-state index in [1.54, 1.807) is 6.07 Å². The lowest BCUT2D eigenvalue weighted by atomic mass is 10.1. The molecule has 0 atom stereocenters. The number of nitrogens with zero attached hydrogens (tertiary/aromatic N) is 1. The molecule has 174 valence electrons. The van der Waals surface area contributed by atoms with E-state index in [2.05, 4.69) is 4.98 Å². The van der Waals surface area contributed by atoms with Crippen LogP contribution in [0.3, 0.4) is 0 Å². The predicted octanol–water partition coefficient (Wildman–Crippen LogP) is 4.57. The van der Waals surface area contributed by atoms with Crippen LogP contribution in [0.25, 0.3) is 10.9 Å². The predicted molar refractivity (Wildman–Crippen MR) is 129 cm³/mol. The first kappa shape index (κ1) is 23.5. The van der Waals surface area contributed by atoms with E-state index in [9.17, 15) is 22.4 Å². The van der Waals surface area contributed by atoms with Crippen LogP contribution in [0.5, 0.6) is 0 Å². The van der Waals surface area contributed by atoms with Crippen LogP contribution in [0.2, 0.25) is 0 Å². The van der Waals surface area contributed by atoms with Crippen molar-refractivity contribution in [3.63, 3.8) is 0 Å². The molecule has 0 aliphatic carbocycles. The monoisotopic (exact) mass is 478 g/mol. The first-order chi connectivity index (χ1) is 16.1. The standard InChI is InChI=1S/C26H23FN2O4S/c1-17-3-6-21-14-22(26(31)28-25(21)13-17)16-29(15-19-4-9-23(27)10-5-19)34(32,33)24-11-7-20(8-12-24)18(2)30/h3-14H,15-16H2,1-2H3,(H,28,31). The summed E-state index contributed by atoms with van der Waals surface area (Å²) in [6, 6.07) is 18.5. The number of fused-ring (bicyclic) bond motifs is 1. The van der Waals surface area contributed by atoms with Crippen LogP contribution in [0.4, 0.5) is 4.39 Å². The number of hydrogen-bond acceptors (Lipinski definition) is 4. The zero-order chi connectivity index (χ0) is 24.5. The van der Waals surface area contributed by atoms with Crippen molar-refractivity contribution in [2.45, 2.75) is 31.8 Å². The van der Waals surface area contributed by atoms with Gasteiger partial charge < -0.3 is 4.98 Å². The summed E-state index contributed by atoms with van der Waals surface area (Å²) in [5, 5.41) is 0.783. The largest absolute Gasteiger partial charge is 0.322 e. The number of halogens is 1. The van der Waals surface area contributed by atoms with Crippen LogP contribution < -0.4 is 5.56 Å². The van der Waals surface area contributed by atoms with Crippen LogP contribution in [0, 0.1) is 12.7 Å². The summed E-state index contributed by atoms with van der Waals surface area (Å²) < 4.78 is 41.7. The summed E-state index contributed by atoms with van der Waals surface area (Å²) in [5.41, 5.74) is 2.52. The average Bonchev–Trinajstić information content (AvgIpc) is 2.80. The minimum absolute atomic E-state index is 0.00699. The molecule has 6 nitrogen and oxygen atoms in total. The fourth-order valence-electron chi connectivity index (χ4n) is 3.70. The molecule has 0 bridgehead atoms. The highest BCUT2D eigenvalue weighted by Crippen LogP contribution is 2.22. The number of nitrogens with one attached hydrogen (secondary N) is 1. The van der Waals surface area contributed by atoms with Crippen LogP contribution in [-0.2, 0) is 23.1 Å². The SMILES string of the molecule is CC(=O)c1ccc(S(=O)(=O)N(Cc2ccc(F)cc2)Cc2cc3ccc(C)cc3[nH]c2=O)cc1. The third-order valence-electron chi connectivity index (χ3n) is 5.60. The number of sulfonamides is 1. The molecule has 34 heavy (non-hydrogen) atoms. The molecular weight excluding hydrogens is 455 g/mol. The Morgan fingerprint density at radius 2 is 1.62 bits per heavy atom. The summed E-state index contributed by atoms with van der Waals surface area (Å²) in [4.78, 5) is 27.2. The number of hydrogen-bond donors (Lipinski definition) is 1. The van der Waals surface area contributed by atoms with Crippen molar-refractivity contribution in [2.75, 3.05) is 0 Å². The number of rotatable bonds is 7. The van der Waals surface area contributed by atoms with Crippen LogP contribution >= 0.6 is 0 Å². The number of ketones is 1. The van der Waals surface area contributed by atoms with E-state index in [0.29, 0.717) is 16.6 Å². The fourth-order valence-corrected chi connectivity index (χ4v) is 5.10. The van der Waals surface area contributed by atoms with Gasteiger partial charge in [0.25, 0.3) is 5.56 Å². The van der Waals surface area contributed by atoms with E-state index in [1.165, 1.54) is 59.8 Å². The lowest BCUT2D eigenvalue weighted by molar-refractivity contribution is 0.101. The minimum atomic E-state index is -4.05. The van der Waals surface area contributed by atoms with Crippen LogP contribution in [0.1, 0.15) is 34.0 Å². The van der Waals surface area contributed by atoms with Gasteiger partial charge in [-0.25, -0.2) is 12.8 Å². The number of aromatic amines is 1. The van der Waals surface area contributed by atoms with E-state index < -0.39 is 15.8 Å². The molecule has 0 spiro atoms. The van der Waals surface area contributed by atoms with Gasteiger partial charge in [-0.3, -0.25) is 9.59 Å². The molecule has 8 heteroatoms. The first-order valence-electron chi connectivity index (χ1n) is 10.6. The van der Waals surface area contributed by atoms with Gasteiger partial charge in [0.05, 0.1) is 4.90 Å². The highest BCUT2D eigenvalue weighted by atomic mass is 32.2. The van der Waals surface area contributed by atoms with Crippen LogP contribution in [0.15, 0.2) is 82.5 Å². The highest BCUT2D eigenvalue weighted by molar-refractivity contribution is 7.89. The third kappa shape index (κ3) is 4.98. The second-order valence-corrected chi connectivity index (χ2v) is 10.1. The van der Waals surface area contributed by atoms with E-state index >= 15 is 0 Å². The van der Waals surface area contributed by atoms with Gasteiger partial charge in [0.15, 0.2) is 5.78 Å². The van der Waals surface area contributed by atoms with Crippen molar-refractivity contribution in [2.24, 2.45) is 0 Å². The first-order valence-corrected chi connectivity index (χ1v) is 12.1. The molecular formula is C26H23FN2O4S. The van der Waals surface area contributed by atoms with Gasteiger partial charge in [0.1, 0.15) is 5.82 Å². The summed E-state index contributed by atoms with van der Waals surface area (Å²) >= 11 is 0. The maximum Gasteiger partial charge on any atom is 0.252 e. The Balaban J connectivity index is 1.76. The summed E-state index contributed by atoms with van der Waals surface area (Å²) in [7, 11) is -4.05. The molecule has 1 N–H and O–H groups in total. The lowest BCUT2D eigenvalue weighted by Crippen LogP contribution is -2.32. The molecule has 3 aromatic carbocycles. The molecule has 4 aromatic rings. The normalized spacial score (nSPS) is 11.8. The topological polar surface area (TPSA) is 87.3 Å². The Morgan fingerprint density at radius 1 is 0.941 bits per heavy atom. The molecule has 1 aromatic heterocycles. The number of benzene rings is 3. The smallest absolute Gasteiger partial charge is 0.252 e. The second kappa shape index (κ2) is 9.32. The van der Waals surface area contributed by atoms with Crippen molar-refractivity contribution in [1.82, 2.24) is 9.29 Å². The third-order valence-corrected chi connectivity index (χ3v) is 7.40. The number of aromatic nitrogens is 1. The molecule has 0 radical (unpaired) electrons. The molecule has 0 saturated heterocycles. The number of H-pyrrole nitrogens is 1. The Morgan fingerprint density at radius 3 is 2.26 bits per heavy atom. The van der Waals surface area contributed by atoms with Gasteiger partial charge in [-0.2, -0.15) is 4.31 Å². The van der Waals surface area contributed by atoms with E-state index in [0.717, 1.165) is 10.9 Å². The Kier molecular flexibility index (Phi) is 6.45. The van der Waals surface area contributed by atoms with Crippen LogP contribution in [-0.4, -0.2) is 23.5 Å². The fraction of sp³-hybridized carbons (Fsp3) is 0.154. The van der Waals surface area contributed by atoms with Gasteiger partial charge in [0, 0.05) is 29.7 Å². The van der Waals surface area contributed by atoms with E-state index in [-0.39, 0.29) is 34.9 Å². The average molecular weight is 479 g/mol. The highest BCUT2D eigenvalue weighted by Gasteiger charge is 2.26. The molecule has 0 amide bonds. The lowest BCUT2D eigenvalue weighted by Gasteiger charge is -2.22. The minimum Gasteiger partial charge on any atom is -0.322 e. The van der Waals surface area contributed by atoms with Crippen molar-refractivity contribution in [3.8, 4) is 0 Å². The summed E-state index contributed by atoms with van der Waals surface area (Å²) in [5.74, 6) is -0.607. The summed E-state index contributed by atoms with van der Waals surface area (Å²) in [6.07, 6.45) is 0. The number of carbonyl (C=O) groups is 1. The summed E-state index contributed by atoms with van der Waals surface area (Å²) in [6.45, 7) is 3.06. The molecule has 0 unspecified atom stereocenters. The van der Waals surface area contributed by atoms with E-state index in [4.69, 9.17) is 0 Å². The van der Waals surface area contributed by atoms with Gasteiger partial charge in [-0.05, 0) is 66.8 Å².